The minimum atomic E-state index is -0.433. The van der Waals surface area contributed by atoms with Gasteiger partial charge in [0.05, 0.1) is 6.21 Å². The van der Waals surface area contributed by atoms with Crippen molar-refractivity contribution in [2.45, 2.75) is 32.1 Å². The van der Waals surface area contributed by atoms with Gasteiger partial charge < -0.3 is 0 Å². The Hall–Kier alpha value is -2.48. The fourth-order valence-electron chi connectivity index (χ4n) is 1.65. The lowest BCUT2D eigenvalue weighted by Crippen LogP contribution is -2.33. The first-order valence-corrected chi connectivity index (χ1v) is 6.87. The minimum Gasteiger partial charge on any atom is -0.289 e. The quantitative estimate of drug-likeness (QED) is 0.238. The normalized spacial score (nSPS) is 10.5. The van der Waals surface area contributed by atoms with Crippen LogP contribution < -0.4 is 16.4 Å². The number of hydrogen-bond acceptors (Lipinski definition) is 5. The largest absolute Gasteiger partial charge is 0.289 e. The first kappa shape index (κ1) is 17.6. The predicted octanol–water partition coefficient (Wildman–Crippen LogP) is 1.24. The standard InChI is InChI=1S/C14H19FN4O3/c15-12-6-4-5-11(9-12)10-16-19-17-13(20)7-2-1-3-8-14(21)18-22/h4-6,9-10,19,22H,1-3,7-8H2,(H,17,20)(H,18,21)/b16-10+. The van der Waals surface area contributed by atoms with Crippen molar-refractivity contribution >= 4 is 18.0 Å². The van der Waals surface area contributed by atoms with Crippen molar-refractivity contribution in [3.63, 3.8) is 0 Å². The van der Waals surface area contributed by atoms with Gasteiger partial charge in [0.25, 0.3) is 0 Å². The zero-order valence-corrected chi connectivity index (χ0v) is 12.0. The highest BCUT2D eigenvalue weighted by Gasteiger charge is 2.01. The van der Waals surface area contributed by atoms with Gasteiger partial charge in [-0.1, -0.05) is 18.6 Å². The third-order valence-electron chi connectivity index (χ3n) is 2.75. The van der Waals surface area contributed by atoms with Crippen molar-refractivity contribution in [1.82, 2.24) is 16.4 Å². The van der Waals surface area contributed by atoms with Crippen LogP contribution in [-0.2, 0) is 9.59 Å². The number of carbonyl (C=O) groups excluding carboxylic acids is 2. The molecule has 0 aromatic heterocycles. The number of unbranched alkanes of at least 4 members (excludes halogenated alkanes) is 2. The number of nitrogens with zero attached hydrogens (tertiary/aromatic N) is 1. The summed E-state index contributed by atoms with van der Waals surface area (Å²) in [6.45, 7) is 0. The molecule has 1 aromatic rings. The molecule has 0 radical (unpaired) electrons. The van der Waals surface area contributed by atoms with Crippen LogP contribution in [0.4, 0.5) is 4.39 Å². The molecule has 0 unspecified atom stereocenters. The van der Waals surface area contributed by atoms with Gasteiger partial charge in [-0.3, -0.25) is 20.2 Å². The third-order valence-corrected chi connectivity index (χ3v) is 2.75. The fourth-order valence-corrected chi connectivity index (χ4v) is 1.65. The van der Waals surface area contributed by atoms with Gasteiger partial charge in [0, 0.05) is 12.8 Å². The molecule has 0 saturated carbocycles. The molecule has 22 heavy (non-hydrogen) atoms. The number of nitrogens with one attached hydrogen (secondary N) is 3. The summed E-state index contributed by atoms with van der Waals surface area (Å²) >= 11 is 0. The predicted molar refractivity (Wildman–Crippen MR) is 78.3 cm³/mol. The summed E-state index contributed by atoms with van der Waals surface area (Å²) in [6, 6.07) is 5.89. The van der Waals surface area contributed by atoms with E-state index in [-0.39, 0.29) is 18.1 Å². The van der Waals surface area contributed by atoms with Crippen LogP contribution in [0.3, 0.4) is 0 Å². The van der Waals surface area contributed by atoms with Crippen molar-refractivity contribution in [1.29, 1.82) is 0 Å². The van der Waals surface area contributed by atoms with E-state index in [4.69, 9.17) is 5.21 Å². The average Bonchev–Trinajstić information content (AvgIpc) is 2.51. The zero-order chi connectivity index (χ0) is 16.2. The van der Waals surface area contributed by atoms with Crippen molar-refractivity contribution in [3.8, 4) is 0 Å². The third kappa shape index (κ3) is 7.95. The molecule has 1 rings (SSSR count). The molecule has 0 bridgehead atoms. The van der Waals surface area contributed by atoms with Crippen LogP contribution >= 0.6 is 0 Å². The molecule has 4 N–H and O–H groups in total. The Balaban J connectivity index is 2.09. The van der Waals surface area contributed by atoms with E-state index >= 15 is 0 Å². The Morgan fingerprint density at radius 3 is 2.59 bits per heavy atom. The van der Waals surface area contributed by atoms with Crippen LogP contribution in [0.1, 0.15) is 37.7 Å². The van der Waals surface area contributed by atoms with Crippen LogP contribution in [-0.4, -0.2) is 23.2 Å². The Bertz CT molecular complexity index is 523. The smallest absolute Gasteiger partial charge is 0.243 e. The molecule has 2 amide bonds. The Kier molecular flexibility index (Phi) is 8.21. The number of hydrazine groups is 1. The summed E-state index contributed by atoms with van der Waals surface area (Å²) in [5, 5.41) is 12.0. The van der Waals surface area contributed by atoms with Crippen molar-refractivity contribution < 1.29 is 19.2 Å². The number of benzene rings is 1. The van der Waals surface area contributed by atoms with E-state index in [0.717, 1.165) is 0 Å². The number of hydroxylamine groups is 1. The highest BCUT2D eigenvalue weighted by atomic mass is 19.1. The zero-order valence-electron chi connectivity index (χ0n) is 12.0. The number of carbonyl (C=O) groups is 2. The van der Waals surface area contributed by atoms with Gasteiger partial charge in [0.1, 0.15) is 5.82 Å². The number of rotatable bonds is 9. The molecule has 0 aliphatic heterocycles. The lowest BCUT2D eigenvalue weighted by Gasteiger charge is -2.03. The van der Waals surface area contributed by atoms with E-state index in [2.05, 4.69) is 16.1 Å². The lowest BCUT2D eigenvalue weighted by molar-refractivity contribution is -0.129. The van der Waals surface area contributed by atoms with Crippen LogP contribution in [0.25, 0.3) is 0 Å². The topological polar surface area (TPSA) is 103 Å². The van der Waals surface area contributed by atoms with Gasteiger partial charge in [-0.05, 0) is 30.5 Å². The van der Waals surface area contributed by atoms with Crippen molar-refractivity contribution in [3.05, 3.63) is 35.6 Å². The van der Waals surface area contributed by atoms with E-state index in [0.29, 0.717) is 31.2 Å². The van der Waals surface area contributed by atoms with E-state index < -0.39 is 5.91 Å². The molecule has 0 spiro atoms. The van der Waals surface area contributed by atoms with Crippen LogP contribution in [0, 0.1) is 5.82 Å². The molecule has 0 aliphatic rings. The van der Waals surface area contributed by atoms with Crippen molar-refractivity contribution in [2.75, 3.05) is 0 Å². The second kappa shape index (κ2) is 10.3. The molecule has 0 aliphatic carbocycles. The van der Waals surface area contributed by atoms with Crippen LogP contribution in [0.2, 0.25) is 0 Å². The van der Waals surface area contributed by atoms with E-state index in [9.17, 15) is 14.0 Å². The monoisotopic (exact) mass is 310 g/mol. The highest BCUT2D eigenvalue weighted by Crippen LogP contribution is 2.02. The highest BCUT2D eigenvalue weighted by molar-refractivity contribution is 5.79. The molecule has 7 nitrogen and oxygen atoms in total. The van der Waals surface area contributed by atoms with Crippen LogP contribution in [0.15, 0.2) is 29.4 Å². The van der Waals surface area contributed by atoms with Gasteiger partial charge in [0.2, 0.25) is 11.8 Å². The lowest BCUT2D eigenvalue weighted by atomic mass is 10.1. The maximum absolute atomic E-state index is 12.9. The SMILES string of the molecule is O=C(CCCCCC(=O)NN/N=C/c1cccc(F)c1)NO. The second-order valence-electron chi connectivity index (χ2n) is 4.57. The number of halogens is 1. The Morgan fingerprint density at radius 2 is 1.91 bits per heavy atom. The maximum atomic E-state index is 12.9. The first-order chi connectivity index (χ1) is 10.6. The van der Waals surface area contributed by atoms with E-state index in [1.54, 1.807) is 17.6 Å². The summed E-state index contributed by atoms with van der Waals surface area (Å²) in [5.41, 5.74) is 6.87. The summed E-state index contributed by atoms with van der Waals surface area (Å²) in [5.74, 6) is -1.02. The van der Waals surface area contributed by atoms with Crippen molar-refractivity contribution in [2.24, 2.45) is 5.10 Å². The molecule has 0 atom stereocenters. The summed E-state index contributed by atoms with van der Waals surface area (Å²) in [4.78, 5) is 22.2. The van der Waals surface area contributed by atoms with Gasteiger partial charge in [-0.15, -0.1) is 0 Å². The first-order valence-electron chi connectivity index (χ1n) is 6.87. The molecular weight excluding hydrogens is 291 g/mol. The maximum Gasteiger partial charge on any atom is 0.243 e. The Morgan fingerprint density at radius 1 is 1.18 bits per heavy atom. The van der Waals surface area contributed by atoms with E-state index in [1.807, 2.05) is 0 Å². The molecule has 120 valence electrons. The van der Waals surface area contributed by atoms with Gasteiger partial charge in [-0.25, -0.2) is 15.4 Å². The molecule has 1 aromatic carbocycles. The van der Waals surface area contributed by atoms with Gasteiger partial charge in [0.15, 0.2) is 0 Å². The molecule has 8 heteroatoms. The number of amides is 2. The molecule has 0 fully saturated rings. The number of hydrogen-bond donors (Lipinski definition) is 4. The molecular formula is C14H19FN4O3. The summed E-state index contributed by atoms with van der Waals surface area (Å²) < 4.78 is 12.9. The molecule has 0 heterocycles. The van der Waals surface area contributed by atoms with Crippen LogP contribution in [0.5, 0.6) is 0 Å². The number of hydrazone groups is 1. The summed E-state index contributed by atoms with van der Waals surface area (Å²) in [7, 11) is 0. The summed E-state index contributed by atoms with van der Waals surface area (Å²) in [6.07, 6.45) is 3.84. The van der Waals surface area contributed by atoms with Gasteiger partial charge >= 0.3 is 0 Å². The van der Waals surface area contributed by atoms with Gasteiger partial charge in [-0.2, -0.15) is 5.10 Å². The fraction of sp³-hybridized carbons (Fsp3) is 0.357. The Labute approximate surface area is 127 Å². The average molecular weight is 310 g/mol. The molecule has 0 saturated heterocycles. The van der Waals surface area contributed by atoms with E-state index in [1.165, 1.54) is 18.3 Å². The second-order valence-corrected chi connectivity index (χ2v) is 4.57. The minimum absolute atomic E-state index is 0.230.